The number of ketones is 1. The zero-order chi connectivity index (χ0) is 15.9. The van der Waals surface area contributed by atoms with E-state index in [0.717, 1.165) is 0 Å². The molecule has 0 aromatic rings. The summed E-state index contributed by atoms with van der Waals surface area (Å²) in [5.74, 6) is -1.26. The van der Waals surface area contributed by atoms with E-state index in [1.807, 2.05) is 0 Å². The molecule has 0 fully saturated rings. The molecule has 6 N–H and O–H groups in total. The largest absolute Gasteiger partial charge is 0.394 e. The van der Waals surface area contributed by atoms with Gasteiger partial charge in [0.05, 0.1) is 6.61 Å². The first-order valence-electron chi connectivity index (χ1n) is 6.01. The van der Waals surface area contributed by atoms with Crippen LogP contribution < -0.4 is 5.32 Å². The molecule has 1 amide bonds. The van der Waals surface area contributed by atoms with Crippen LogP contribution in [0.3, 0.4) is 0 Å². The number of aliphatic hydroxyl groups excluding tert-OH is 5. The predicted octanol–water partition coefficient (Wildman–Crippen LogP) is -2.93. The molecule has 0 aliphatic heterocycles. The highest BCUT2D eigenvalue weighted by Gasteiger charge is 2.33. The first-order valence-corrected chi connectivity index (χ1v) is 6.01. The molecule has 0 spiro atoms. The van der Waals surface area contributed by atoms with Crippen LogP contribution in [0.5, 0.6) is 0 Å². The average Bonchev–Trinajstić information content (AvgIpc) is 2.43. The number of nitrogens with one attached hydrogen (secondary N) is 1. The molecule has 0 saturated heterocycles. The van der Waals surface area contributed by atoms with Crippen LogP contribution in [0.4, 0.5) is 0 Å². The van der Waals surface area contributed by atoms with Gasteiger partial charge in [-0.05, 0) is 6.92 Å². The van der Waals surface area contributed by atoms with Gasteiger partial charge < -0.3 is 30.8 Å². The fourth-order valence-corrected chi connectivity index (χ4v) is 1.31. The van der Waals surface area contributed by atoms with E-state index in [4.69, 9.17) is 10.2 Å². The van der Waals surface area contributed by atoms with Gasteiger partial charge in [-0.1, -0.05) is 6.58 Å². The monoisotopic (exact) mass is 291 g/mol. The summed E-state index contributed by atoms with van der Waals surface area (Å²) in [6.07, 6.45) is -7.65. The van der Waals surface area contributed by atoms with E-state index in [9.17, 15) is 24.9 Å². The lowest BCUT2D eigenvalue weighted by Crippen LogP contribution is -2.49. The number of rotatable bonds is 9. The van der Waals surface area contributed by atoms with E-state index in [2.05, 4.69) is 11.9 Å². The summed E-state index contributed by atoms with van der Waals surface area (Å²) >= 11 is 0. The quantitative estimate of drug-likeness (QED) is 0.249. The number of carbonyl (C=O) groups is 2. The Morgan fingerprint density at radius 1 is 1.15 bits per heavy atom. The Bertz CT molecular complexity index is 358. The second kappa shape index (κ2) is 8.77. The van der Waals surface area contributed by atoms with Crippen molar-refractivity contribution in [1.29, 1.82) is 0 Å². The number of amides is 1. The molecular weight excluding hydrogens is 270 g/mol. The zero-order valence-electron chi connectivity index (χ0n) is 11.2. The van der Waals surface area contributed by atoms with Gasteiger partial charge in [-0.25, -0.2) is 0 Å². The molecule has 8 nitrogen and oxygen atoms in total. The number of hydrogen-bond acceptors (Lipinski definition) is 7. The molecule has 0 aliphatic carbocycles. The van der Waals surface area contributed by atoms with Crippen LogP contribution in [0.1, 0.15) is 13.3 Å². The summed E-state index contributed by atoms with van der Waals surface area (Å²) in [5.41, 5.74) is 0.263. The number of carbonyl (C=O) groups excluding carboxylic acids is 2. The van der Waals surface area contributed by atoms with Crippen molar-refractivity contribution < 1.29 is 35.1 Å². The summed E-state index contributed by atoms with van der Waals surface area (Å²) in [6.45, 7) is 4.00. The van der Waals surface area contributed by atoms with Crippen LogP contribution in [0.15, 0.2) is 12.2 Å². The van der Waals surface area contributed by atoms with Gasteiger partial charge in [-0.15, -0.1) is 0 Å². The van der Waals surface area contributed by atoms with Crippen molar-refractivity contribution >= 4 is 11.7 Å². The van der Waals surface area contributed by atoms with E-state index in [0.29, 0.717) is 0 Å². The molecule has 0 unspecified atom stereocenters. The molecule has 116 valence electrons. The third kappa shape index (κ3) is 5.76. The van der Waals surface area contributed by atoms with E-state index >= 15 is 0 Å². The minimum absolute atomic E-state index is 0.0625. The Kier molecular flexibility index (Phi) is 8.19. The summed E-state index contributed by atoms with van der Waals surface area (Å²) in [6, 6.07) is 0. The molecular formula is C12H21NO7. The van der Waals surface area contributed by atoms with Crippen LogP contribution in [-0.4, -0.2) is 74.8 Å². The Balaban J connectivity index is 4.27. The fourth-order valence-electron chi connectivity index (χ4n) is 1.31. The van der Waals surface area contributed by atoms with Crippen LogP contribution in [0.2, 0.25) is 0 Å². The van der Waals surface area contributed by atoms with Gasteiger partial charge in [0.15, 0.2) is 5.78 Å². The third-order valence-electron chi connectivity index (χ3n) is 2.63. The van der Waals surface area contributed by atoms with Crippen LogP contribution in [0, 0.1) is 0 Å². The number of hydrogen-bond donors (Lipinski definition) is 6. The van der Waals surface area contributed by atoms with Gasteiger partial charge in [-0.2, -0.15) is 0 Å². The number of Topliss-reactive ketones (excluding diaryl/α,β-unsaturated/α-hetero) is 1. The molecule has 4 atom stereocenters. The normalized spacial score (nSPS) is 16.9. The lowest BCUT2D eigenvalue weighted by atomic mass is 9.99. The average molecular weight is 291 g/mol. The van der Waals surface area contributed by atoms with Crippen molar-refractivity contribution in [1.82, 2.24) is 5.32 Å². The molecule has 0 aromatic heterocycles. The minimum Gasteiger partial charge on any atom is -0.394 e. The second-order valence-corrected chi connectivity index (χ2v) is 4.43. The van der Waals surface area contributed by atoms with Crippen molar-refractivity contribution in [3.8, 4) is 0 Å². The topological polar surface area (TPSA) is 147 Å². The molecule has 20 heavy (non-hydrogen) atoms. The standard InChI is InChI=1S/C12H21NO7/c1-6(2)12(20)13-4-3-7(15)9(17)11(19)10(18)8(16)5-14/h8-11,14,16-19H,1,3-5H2,2H3,(H,13,20)/t8-,9-,10-,11-/m1/s1. The molecule has 0 aliphatic rings. The van der Waals surface area contributed by atoms with Crippen molar-refractivity contribution in [3.05, 3.63) is 12.2 Å². The maximum absolute atomic E-state index is 11.5. The van der Waals surface area contributed by atoms with Gasteiger partial charge in [-0.3, -0.25) is 9.59 Å². The van der Waals surface area contributed by atoms with Crippen molar-refractivity contribution in [3.63, 3.8) is 0 Å². The third-order valence-corrected chi connectivity index (χ3v) is 2.63. The van der Waals surface area contributed by atoms with Gasteiger partial charge in [0.25, 0.3) is 0 Å². The minimum atomic E-state index is -1.93. The smallest absolute Gasteiger partial charge is 0.246 e. The summed E-state index contributed by atoms with van der Waals surface area (Å²) in [4.78, 5) is 22.6. The zero-order valence-corrected chi connectivity index (χ0v) is 11.2. The highest BCUT2D eigenvalue weighted by atomic mass is 16.4. The first kappa shape index (κ1) is 18.7. The Labute approximate surface area is 116 Å². The van der Waals surface area contributed by atoms with E-state index in [-0.39, 0.29) is 18.5 Å². The molecule has 0 radical (unpaired) electrons. The Morgan fingerprint density at radius 3 is 2.15 bits per heavy atom. The Hall–Kier alpha value is -1.32. The van der Waals surface area contributed by atoms with Gasteiger partial charge in [0, 0.05) is 18.5 Å². The number of aliphatic hydroxyl groups is 5. The molecule has 0 rings (SSSR count). The van der Waals surface area contributed by atoms with Gasteiger partial charge in [0.2, 0.25) is 5.91 Å². The van der Waals surface area contributed by atoms with E-state index in [1.54, 1.807) is 0 Å². The summed E-state index contributed by atoms with van der Waals surface area (Å²) in [7, 11) is 0. The molecule has 0 heterocycles. The molecule has 0 aromatic carbocycles. The lowest BCUT2D eigenvalue weighted by molar-refractivity contribution is -0.146. The van der Waals surface area contributed by atoms with Crippen molar-refractivity contribution in [2.45, 2.75) is 37.8 Å². The van der Waals surface area contributed by atoms with E-state index in [1.165, 1.54) is 6.92 Å². The maximum atomic E-state index is 11.5. The van der Waals surface area contributed by atoms with Crippen LogP contribution >= 0.6 is 0 Å². The predicted molar refractivity (Wildman–Crippen MR) is 68.6 cm³/mol. The Morgan fingerprint density at radius 2 is 1.70 bits per heavy atom. The van der Waals surface area contributed by atoms with E-state index < -0.39 is 42.7 Å². The van der Waals surface area contributed by atoms with Crippen molar-refractivity contribution in [2.75, 3.05) is 13.2 Å². The fraction of sp³-hybridized carbons (Fsp3) is 0.667. The van der Waals surface area contributed by atoms with Gasteiger partial charge in [0.1, 0.15) is 24.4 Å². The van der Waals surface area contributed by atoms with Crippen LogP contribution in [0.25, 0.3) is 0 Å². The van der Waals surface area contributed by atoms with Crippen LogP contribution in [-0.2, 0) is 9.59 Å². The SMILES string of the molecule is C=C(C)C(=O)NCCC(=O)[C@@H](O)[C@@H](O)[C@H](O)[C@H](O)CO. The lowest BCUT2D eigenvalue weighted by Gasteiger charge is -2.24. The summed E-state index contributed by atoms with van der Waals surface area (Å²) < 4.78 is 0. The maximum Gasteiger partial charge on any atom is 0.246 e. The second-order valence-electron chi connectivity index (χ2n) is 4.43. The van der Waals surface area contributed by atoms with Crippen molar-refractivity contribution in [2.24, 2.45) is 0 Å². The molecule has 0 bridgehead atoms. The highest BCUT2D eigenvalue weighted by molar-refractivity contribution is 5.92. The highest BCUT2D eigenvalue weighted by Crippen LogP contribution is 2.07. The molecule has 0 saturated carbocycles. The molecule has 8 heteroatoms. The summed E-state index contributed by atoms with van der Waals surface area (Å²) in [5, 5.41) is 48.3. The first-order chi connectivity index (χ1) is 9.22. The van der Waals surface area contributed by atoms with Gasteiger partial charge >= 0.3 is 0 Å².